The van der Waals surface area contributed by atoms with Gasteiger partial charge in [-0.15, -0.1) is 23.1 Å². The van der Waals surface area contributed by atoms with E-state index in [4.69, 9.17) is 5.11 Å². The third kappa shape index (κ3) is 6.98. The molecule has 1 aromatic heterocycles. The van der Waals surface area contributed by atoms with Crippen LogP contribution in [0.1, 0.15) is 76.5 Å². The molecule has 6 heteroatoms. The second kappa shape index (κ2) is 11.9. The topological polar surface area (TPSA) is 66.4 Å². The van der Waals surface area contributed by atoms with Gasteiger partial charge < -0.3 is 10.4 Å². The smallest absolute Gasteiger partial charge is 0.305 e. The number of rotatable bonds is 10. The molecule has 1 atom stereocenters. The van der Waals surface area contributed by atoms with Crippen LogP contribution in [0.3, 0.4) is 0 Å². The summed E-state index contributed by atoms with van der Waals surface area (Å²) in [6.07, 6.45) is -0.0784. The summed E-state index contributed by atoms with van der Waals surface area (Å²) in [5.74, 6) is -0.232. The van der Waals surface area contributed by atoms with Gasteiger partial charge >= 0.3 is 5.97 Å². The van der Waals surface area contributed by atoms with Crippen molar-refractivity contribution in [1.29, 1.82) is 0 Å². The molecule has 0 radical (unpaired) electrons. The van der Waals surface area contributed by atoms with Gasteiger partial charge in [-0.25, -0.2) is 0 Å². The number of carbonyl (C=O) groups excluding carboxylic acids is 1. The van der Waals surface area contributed by atoms with Gasteiger partial charge in [0.1, 0.15) is 0 Å². The van der Waals surface area contributed by atoms with E-state index in [2.05, 4.69) is 83.3 Å². The van der Waals surface area contributed by atoms with Crippen LogP contribution in [-0.4, -0.2) is 23.5 Å². The van der Waals surface area contributed by atoms with Crippen LogP contribution in [0.4, 0.5) is 0 Å². The molecule has 1 amide bonds. The van der Waals surface area contributed by atoms with E-state index in [9.17, 15) is 9.59 Å². The van der Waals surface area contributed by atoms with E-state index in [1.807, 2.05) is 23.9 Å². The minimum Gasteiger partial charge on any atom is -0.481 e. The molecule has 0 aliphatic heterocycles. The average Bonchev–Trinajstić information content (AvgIpc) is 3.27. The van der Waals surface area contributed by atoms with Crippen molar-refractivity contribution in [2.24, 2.45) is 5.92 Å². The number of thiophene rings is 1. The van der Waals surface area contributed by atoms with Crippen molar-refractivity contribution in [3.05, 3.63) is 75.0 Å². The first-order valence-electron chi connectivity index (χ1n) is 12.0. The van der Waals surface area contributed by atoms with Crippen molar-refractivity contribution in [1.82, 2.24) is 5.32 Å². The predicted molar refractivity (Wildman–Crippen MR) is 148 cm³/mol. The fourth-order valence-corrected chi connectivity index (χ4v) is 6.77. The van der Waals surface area contributed by atoms with Gasteiger partial charge in [0.05, 0.1) is 11.3 Å². The van der Waals surface area contributed by atoms with Crippen molar-refractivity contribution in [2.45, 2.75) is 64.0 Å². The van der Waals surface area contributed by atoms with E-state index in [-0.39, 0.29) is 24.1 Å². The van der Waals surface area contributed by atoms with Crippen LogP contribution >= 0.6 is 23.1 Å². The maximum atomic E-state index is 12.4. The fourth-order valence-electron chi connectivity index (χ4n) is 4.15. The third-order valence-electron chi connectivity index (χ3n) is 6.00. The van der Waals surface area contributed by atoms with E-state index < -0.39 is 5.97 Å². The molecule has 3 aromatic rings. The summed E-state index contributed by atoms with van der Waals surface area (Å²) in [5, 5.41) is 11.7. The molecule has 0 fully saturated rings. The Morgan fingerprint density at radius 3 is 2.14 bits per heavy atom. The van der Waals surface area contributed by atoms with Crippen LogP contribution < -0.4 is 5.32 Å². The number of carbonyl (C=O) groups is 2. The van der Waals surface area contributed by atoms with Gasteiger partial charge in [-0.1, -0.05) is 52.0 Å². The lowest BCUT2D eigenvalue weighted by Crippen LogP contribution is -2.25. The Bertz CT molecular complexity index is 1160. The van der Waals surface area contributed by atoms with Crippen molar-refractivity contribution in [3.63, 3.8) is 0 Å². The molecular formula is C29H35NO3S2. The molecule has 0 bridgehead atoms. The van der Waals surface area contributed by atoms with E-state index in [1.165, 1.54) is 44.0 Å². The Hall–Kier alpha value is -2.57. The highest BCUT2D eigenvalue weighted by Crippen LogP contribution is 2.44. The minimum atomic E-state index is -0.919. The summed E-state index contributed by atoms with van der Waals surface area (Å²) < 4.78 is 0. The third-order valence-corrected chi connectivity index (χ3v) is 8.87. The van der Waals surface area contributed by atoms with Gasteiger partial charge in [-0.05, 0) is 77.8 Å². The average molecular weight is 510 g/mol. The molecule has 0 aliphatic rings. The summed E-state index contributed by atoms with van der Waals surface area (Å²) in [7, 11) is 0. The number of carboxylic acids is 1. The Kier molecular flexibility index (Phi) is 9.20. The first kappa shape index (κ1) is 27.0. The highest BCUT2D eigenvalue weighted by molar-refractivity contribution is 7.99. The van der Waals surface area contributed by atoms with Crippen LogP contribution in [0.2, 0.25) is 0 Å². The normalized spacial score (nSPS) is 12.2. The Balaban J connectivity index is 1.79. The first-order valence-corrected chi connectivity index (χ1v) is 13.7. The fraction of sp³-hybridized carbons (Fsp3) is 0.379. The van der Waals surface area contributed by atoms with E-state index in [0.29, 0.717) is 16.7 Å². The molecule has 0 spiro atoms. The number of hydrogen-bond donors (Lipinski definition) is 2. The molecule has 3 rings (SSSR count). The Morgan fingerprint density at radius 2 is 1.60 bits per heavy atom. The number of aryl methyl sites for hydroxylation is 2. The van der Waals surface area contributed by atoms with E-state index in [1.54, 1.807) is 0 Å². The van der Waals surface area contributed by atoms with E-state index in [0.717, 1.165) is 4.88 Å². The molecule has 4 nitrogen and oxygen atoms in total. The lowest BCUT2D eigenvalue weighted by Gasteiger charge is -2.21. The molecule has 0 saturated heterocycles. The zero-order valence-corrected chi connectivity index (χ0v) is 23.0. The summed E-state index contributed by atoms with van der Waals surface area (Å²) in [5.41, 5.74) is 6.41. The summed E-state index contributed by atoms with van der Waals surface area (Å²) in [6.45, 7) is 13.3. The molecule has 0 aliphatic carbocycles. The SMILES string of the molecule is Cc1cc(SC(c2ccc(C(=O)NCCC(=O)O)s2)C(C)C)cc(C)c1-c1ccc(C(C)C)cc1. The van der Waals surface area contributed by atoms with Gasteiger partial charge in [0.25, 0.3) is 5.91 Å². The monoisotopic (exact) mass is 509 g/mol. The van der Waals surface area contributed by atoms with Gasteiger partial charge in [0.2, 0.25) is 0 Å². The number of hydrogen-bond acceptors (Lipinski definition) is 4. The molecule has 0 saturated carbocycles. The van der Waals surface area contributed by atoms with E-state index >= 15 is 0 Å². The standard InChI is InChI=1S/C29H35NO3S2/c1-17(2)21-7-9-22(10-8-21)27-19(5)15-23(16-20(27)6)34-28(18(3)4)24-11-12-25(35-24)29(33)30-14-13-26(31)32/h7-12,15-18,28H,13-14H2,1-6H3,(H,30,33)(H,31,32). The van der Waals surface area contributed by atoms with Crippen molar-refractivity contribution in [2.75, 3.05) is 6.54 Å². The molecule has 1 unspecified atom stereocenters. The van der Waals surface area contributed by atoms with Gasteiger partial charge in [-0.3, -0.25) is 9.59 Å². The second-order valence-corrected chi connectivity index (χ2v) is 11.9. The lowest BCUT2D eigenvalue weighted by molar-refractivity contribution is -0.136. The van der Waals surface area contributed by atoms with Crippen molar-refractivity contribution < 1.29 is 14.7 Å². The van der Waals surface area contributed by atoms with Gasteiger partial charge in [0, 0.05) is 21.6 Å². The molecule has 1 heterocycles. The molecular weight excluding hydrogens is 474 g/mol. The molecule has 2 N–H and O–H groups in total. The van der Waals surface area contributed by atoms with Gasteiger partial charge in [-0.2, -0.15) is 0 Å². The number of benzene rings is 2. The van der Waals surface area contributed by atoms with Crippen LogP contribution in [0, 0.1) is 19.8 Å². The maximum Gasteiger partial charge on any atom is 0.305 e. The van der Waals surface area contributed by atoms with Crippen molar-refractivity contribution >= 4 is 35.0 Å². The quantitative estimate of drug-likeness (QED) is 0.273. The molecule has 35 heavy (non-hydrogen) atoms. The predicted octanol–water partition coefficient (Wildman–Crippen LogP) is 7.85. The van der Waals surface area contributed by atoms with Crippen LogP contribution in [0.15, 0.2) is 53.4 Å². The van der Waals surface area contributed by atoms with Crippen molar-refractivity contribution in [3.8, 4) is 11.1 Å². The Morgan fingerprint density at radius 1 is 0.971 bits per heavy atom. The number of amides is 1. The summed E-state index contributed by atoms with van der Waals surface area (Å²) in [6, 6.07) is 17.3. The largest absolute Gasteiger partial charge is 0.481 e. The number of carboxylic acid groups (broad SMARTS) is 1. The maximum absolute atomic E-state index is 12.4. The number of nitrogens with one attached hydrogen (secondary N) is 1. The number of aliphatic carboxylic acids is 1. The minimum absolute atomic E-state index is 0.0784. The number of thioether (sulfide) groups is 1. The van der Waals surface area contributed by atoms with Crippen LogP contribution in [0.25, 0.3) is 11.1 Å². The molecule has 186 valence electrons. The lowest BCUT2D eigenvalue weighted by atomic mass is 9.93. The highest BCUT2D eigenvalue weighted by Gasteiger charge is 2.22. The van der Waals surface area contributed by atoms with Gasteiger partial charge in [0.15, 0.2) is 0 Å². The summed E-state index contributed by atoms with van der Waals surface area (Å²) in [4.78, 5) is 26.1. The summed E-state index contributed by atoms with van der Waals surface area (Å²) >= 11 is 3.32. The second-order valence-electron chi connectivity index (χ2n) is 9.59. The zero-order valence-electron chi connectivity index (χ0n) is 21.3. The van der Waals surface area contributed by atoms with Crippen LogP contribution in [0.5, 0.6) is 0 Å². The zero-order chi connectivity index (χ0) is 25.7. The first-order chi connectivity index (χ1) is 16.6. The highest BCUT2D eigenvalue weighted by atomic mass is 32.2. The van der Waals surface area contributed by atoms with Crippen LogP contribution in [-0.2, 0) is 4.79 Å². The molecule has 2 aromatic carbocycles. The Labute approximate surface area is 217 Å².